The zero-order valence-electron chi connectivity index (χ0n) is 12.6. The van der Waals surface area contributed by atoms with Gasteiger partial charge in [-0.3, -0.25) is 10.2 Å². The van der Waals surface area contributed by atoms with E-state index in [1.165, 1.54) is 51.5 Å². The quantitative estimate of drug-likeness (QED) is 0.801. The van der Waals surface area contributed by atoms with Crippen molar-refractivity contribution in [3.8, 4) is 6.07 Å². The molecule has 1 saturated heterocycles. The monoisotopic (exact) mass is 263 g/mol. The van der Waals surface area contributed by atoms with Gasteiger partial charge in [-0.1, -0.05) is 26.7 Å². The molecular weight excluding hydrogens is 234 g/mol. The third-order valence-electron chi connectivity index (χ3n) is 4.89. The van der Waals surface area contributed by atoms with E-state index in [1.54, 1.807) is 0 Å². The minimum atomic E-state index is -0.285. The van der Waals surface area contributed by atoms with Gasteiger partial charge < -0.3 is 0 Å². The van der Waals surface area contributed by atoms with Crippen LogP contribution in [0, 0.1) is 17.2 Å². The Hall–Kier alpha value is -0.590. The molecule has 2 aliphatic rings. The van der Waals surface area contributed by atoms with Gasteiger partial charge in [-0.2, -0.15) is 5.26 Å². The fraction of sp³-hybridized carbons (Fsp3) is 0.938. The molecule has 3 heteroatoms. The molecule has 1 saturated carbocycles. The largest absolute Gasteiger partial charge is 0.298 e. The van der Waals surface area contributed by atoms with E-state index < -0.39 is 0 Å². The average molecular weight is 263 g/mol. The van der Waals surface area contributed by atoms with E-state index in [0.29, 0.717) is 12.0 Å². The summed E-state index contributed by atoms with van der Waals surface area (Å²) in [5, 5.41) is 13.3. The summed E-state index contributed by atoms with van der Waals surface area (Å²) in [7, 11) is 0. The van der Waals surface area contributed by atoms with Crippen molar-refractivity contribution in [2.45, 2.75) is 70.4 Å². The zero-order chi connectivity index (χ0) is 13.7. The molecule has 108 valence electrons. The van der Waals surface area contributed by atoms with E-state index in [-0.39, 0.29) is 5.54 Å². The third kappa shape index (κ3) is 3.49. The molecule has 2 fully saturated rings. The molecule has 19 heavy (non-hydrogen) atoms. The molecule has 0 aromatic heterocycles. The molecule has 1 aliphatic carbocycles. The normalized spacial score (nSPS) is 28.4. The van der Waals surface area contributed by atoms with Gasteiger partial charge in [0, 0.05) is 12.6 Å². The van der Waals surface area contributed by atoms with Crippen LogP contribution in [0.4, 0.5) is 0 Å². The van der Waals surface area contributed by atoms with E-state index in [4.69, 9.17) is 0 Å². The van der Waals surface area contributed by atoms with Crippen LogP contribution < -0.4 is 5.32 Å². The van der Waals surface area contributed by atoms with Gasteiger partial charge in [0.25, 0.3) is 0 Å². The second kappa shape index (κ2) is 6.72. The summed E-state index contributed by atoms with van der Waals surface area (Å²) in [5.41, 5.74) is -0.285. The highest BCUT2D eigenvalue weighted by Gasteiger charge is 2.46. The number of nitriles is 1. The molecule has 0 aromatic carbocycles. The highest BCUT2D eigenvalue weighted by Crippen LogP contribution is 2.40. The fourth-order valence-corrected chi connectivity index (χ4v) is 3.61. The van der Waals surface area contributed by atoms with Crippen LogP contribution in [0.5, 0.6) is 0 Å². The van der Waals surface area contributed by atoms with Crippen LogP contribution in [0.1, 0.15) is 58.8 Å². The van der Waals surface area contributed by atoms with Crippen molar-refractivity contribution >= 4 is 0 Å². The summed E-state index contributed by atoms with van der Waals surface area (Å²) >= 11 is 0. The van der Waals surface area contributed by atoms with Crippen molar-refractivity contribution in [3.05, 3.63) is 0 Å². The van der Waals surface area contributed by atoms with Crippen LogP contribution >= 0.6 is 0 Å². The van der Waals surface area contributed by atoms with E-state index in [2.05, 4.69) is 30.1 Å². The number of rotatable bonds is 6. The molecule has 3 nitrogen and oxygen atoms in total. The van der Waals surface area contributed by atoms with Crippen molar-refractivity contribution < 1.29 is 0 Å². The Bertz CT molecular complexity index is 318. The van der Waals surface area contributed by atoms with Gasteiger partial charge >= 0.3 is 0 Å². The summed E-state index contributed by atoms with van der Waals surface area (Å²) in [6.07, 6.45) is 9.01. The van der Waals surface area contributed by atoms with Gasteiger partial charge in [-0.15, -0.1) is 0 Å². The first-order chi connectivity index (χ1) is 9.25. The average Bonchev–Trinajstić information content (AvgIpc) is 3.25. The predicted octanol–water partition coefficient (Wildman–Crippen LogP) is 2.92. The van der Waals surface area contributed by atoms with Gasteiger partial charge in [-0.25, -0.2) is 0 Å². The lowest BCUT2D eigenvalue weighted by Gasteiger charge is -2.37. The maximum absolute atomic E-state index is 9.74. The molecule has 1 aliphatic heterocycles. The van der Waals surface area contributed by atoms with Crippen LogP contribution in [0.3, 0.4) is 0 Å². The van der Waals surface area contributed by atoms with Crippen LogP contribution in [0.25, 0.3) is 0 Å². The number of hydrogen-bond donors (Lipinski definition) is 1. The Morgan fingerprint density at radius 1 is 1.21 bits per heavy atom. The lowest BCUT2D eigenvalue weighted by Crippen LogP contribution is -2.56. The van der Waals surface area contributed by atoms with Gasteiger partial charge in [0.05, 0.1) is 6.07 Å². The van der Waals surface area contributed by atoms with Gasteiger partial charge in [0.15, 0.2) is 0 Å². The van der Waals surface area contributed by atoms with Crippen molar-refractivity contribution in [1.82, 2.24) is 10.2 Å². The van der Waals surface area contributed by atoms with Crippen LogP contribution in [-0.2, 0) is 0 Å². The Morgan fingerprint density at radius 3 is 2.58 bits per heavy atom. The first-order valence-electron chi connectivity index (χ1n) is 8.16. The van der Waals surface area contributed by atoms with E-state index in [0.717, 1.165) is 13.1 Å². The Balaban J connectivity index is 2.07. The third-order valence-corrected chi connectivity index (χ3v) is 4.89. The Morgan fingerprint density at radius 2 is 2.00 bits per heavy atom. The Labute approximate surface area is 118 Å². The summed E-state index contributed by atoms with van der Waals surface area (Å²) in [6.45, 7) is 7.42. The highest BCUT2D eigenvalue weighted by atomic mass is 15.2. The number of likely N-dealkylation sites (N-methyl/N-ethyl adjacent to an activating group) is 1. The van der Waals surface area contributed by atoms with Crippen LogP contribution in [0.2, 0.25) is 0 Å². The first-order valence-corrected chi connectivity index (χ1v) is 8.16. The summed E-state index contributed by atoms with van der Waals surface area (Å²) in [4.78, 5) is 2.61. The summed E-state index contributed by atoms with van der Waals surface area (Å²) in [6, 6.07) is 3.33. The number of nitrogens with zero attached hydrogens (tertiary/aromatic N) is 2. The highest BCUT2D eigenvalue weighted by molar-refractivity contribution is 5.17. The SMILES string of the molecule is CCNC(C#N)(CN1CCCCCC1CC)C1CC1. The topological polar surface area (TPSA) is 39.1 Å². The molecule has 1 N–H and O–H groups in total. The first kappa shape index (κ1) is 14.8. The van der Waals surface area contributed by atoms with Crippen LogP contribution in [0.15, 0.2) is 0 Å². The van der Waals surface area contributed by atoms with Crippen molar-refractivity contribution in [3.63, 3.8) is 0 Å². The summed E-state index contributed by atoms with van der Waals surface area (Å²) in [5.74, 6) is 0.582. The standard InChI is InChI=1S/C16H29N3/c1-3-15-8-6-5-7-11-19(15)13-16(12-17,18-4-2)14-9-10-14/h14-15,18H,3-11,13H2,1-2H3. The van der Waals surface area contributed by atoms with E-state index in [1.807, 2.05) is 0 Å². The van der Waals surface area contributed by atoms with Gasteiger partial charge in [-0.05, 0) is 51.1 Å². The Kier molecular flexibility index (Phi) is 5.24. The lowest BCUT2D eigenvalue weighted by molar-refractivity contribution is 0.144. The van der Waals surface area contributed by atoms with Crippen molar-refractivity contribution in [2.75, 3.05) is 19.6 Å². The van der Waals surface area contributed by atoms with Crippen molar-refractivity contribution in [1.29, 1.82) is 5.26 Å². The van der Waals surface area contributed by atoms with Crippen molar-refractivity contribution in [2.24, 2.45) is 5.92 Å². The van der Waals surface area contributed by atoms with E-state index >= 15 is 0 Å². The fourth-order valence-electron chi connectivity index (χ4n) is 3.61. The molecule has 0 radical (unpaired) electrons. The second-order valence-electron chi connectivity index (χ2n) is 6.27. The van der Waals surface area contributed by atoms with Crippen LogP contribution in [-0.4, -0.2) is 36.1 Å². The van der Waals surface area contributed by atoms with E-state index in [9.17, 15) is 5.26 Å². The van der Waals surface area contributed by atoms with Gasteiger partial charge in [0.1, 0.15) is 5.54 Å². The molecule has 2 unspecified atom stereocenters. The molecule has 2 atom stereocenters. The molecular formula is C16H29N3. The number of likely N-dealkylation sites (tertiary alicyclic amines) is 1. The maximum Gasteiger partial charge on any atom is 0.122 e. The minimum absolute atomic E-state index is 0.285. The second-order valence-corrected chi connectivity index (χ2v) is 6.27. The molecule has 1 heterocycles. The molecule has 2 rings (SSSR count). The predicted molar refractivity (Wildman–Crippen MR) is 78.9 cm³/mol. The molecule has 0 aromatic rings. The molecule has 0 amide bonds. The van der Waals surface area contributed by atoms with Gasteiger partial charge in [0.2, 0.25) is 0 Å². The smallest absolute Gasteiger partial charge is 0.122 e. The zero-order valence-corrected chi connectivity index (χ0v) is 12.6. The molecule has 0 bridgehead atoms. The summed E-state index contributed by atoms with van der Waals surface area (Å²) < 4.78 is 0. The molecule has 0 spiro atoms. The number of nitrogens with one attached hydrogen (secondary N) is 1. The maximum atomic E-state index is 9.74. The minimum Gasteiger partial charge on any atom is -0.298 e. The number of hydrogen-bond acceptors (Lipinski definition) is 3. The lowest BCUT2D eigenvalue weighted by atomic mass is 9.92.